The molecule has 1 fully saturated rings. The molecule has 1 saturated carbocycles. The summed E-state index contributed by atoms with van der Waals surface area (Å²) in [6, 6.07) is 6.40. The predicted octanol–water partition coefficient (Wildman–Crippen LogP) is 2.17. The van der Waals surface area contributed by atoms with Gasteiger partial charge in [0.1, 0.15) is 0 Å². The summed E-state index contributed by atoms with van der Waals surface area (Å²) in [5.74, 6) is 0. The van der Waals surface area contributed by atoms with Crippen LogP contribution in [0.25, 0.3) is 0 Å². The molecule has 0 heterocycles. The summed E-state index contributed by atoms with van der Waals surface area (Å²) in [4.78, 5) is 0. The lowest BCUT2D eigenvalue weighted by Crippen LogP contribution is -2.15. The van der Waals surface area contributed by atoms with Crippen molar-refractivity contribution in [1.82, 2.24) is 5.32 Å². The molecule has 2 rings (SSSR count). The lowest BCUT2D eigenvalue weighted by atomic mass is 10.2. The number of benzene rings is 1. The fraction of sp³-hybridized carbons (Fsp3) is 0.400. The van der Waals surface area contributed by atoms with E-state index in [4.69, 9.17) is 17.3 Å². The first-order valence-corrected chi connectivity index (χ1v) is 4.90. The Hall–Kier alpha value is -0.730. The highest BCUT2D eigenvalue weighted by Crippen LogP contribution is 2.21. The molecule has 13 heavy (non-hydrogen) atoms. The lowest BCUT2D eigenvalue weighted by Gasteiger charge is -2.04. The number of anilines is 1. The maximum Gasteiger partial charge on any atom is 0.0429 e. The van der Waals surface area contributed by atoms with Gasteiger partial charge in [0.25, 0.3) is 0 Å². The van der Waals surface area contributed by atoms with Crippen molar-refractivity contribution in [2.45, 2.75) is 25.4 Å². The molecular formula is C10H13ClN2. The van der Waals surface area contributed by atoms with Gasteiger partial charge in [-0.05, 0) is 36.6 Å². The Morgan fingerprint density at radius 2 is 2.15 bits per heavy atom. The number of rotatable bonds is 3. The number of nitrogens with two attached hydrogens (primary N) is 1. The first kappa shape index (κ1) is 8.85. The van der Waals surface area contributed by atoms with Crippen LogP contribution in [0.2, 0.25) is 5.02 Å². The largest absolute Gasteiger partial charge is 0.399 e. The Labute approximate surface area is 83.1 Å². The van der Waals surface area contributed by atoms with E-state index >= 15 is 0 Å². The zero-order chi connectivity index (χ0) is 9.26. The molecule has 1 aromatic rings. The van der Waals surface area contributed by atoms with Crippen molar-refractivity contribution in [3.05, 3.63) is 28.8 Å². The molecule has 1 aromatic carbocycles. The van der Waals surface area contributed by atoms with Gasteiger partial charge >= 0.3 is 0 Å². The minimum Gasteiger partial charge on any atom is -0.399 e. The van der Waals surface area contributed by atoms with Gasteiger partial charge in [0, 0.05) is 23.3 Å². The summed E-state index contributed by atoms with van der Waals surface area (Å²) in [5.41, 5.74) is 7.57. The minimum absolute atomic E-state index is 0.715. The van der Waals surface area contributed by atoms with Crippen LogP contribution in [0.5, 0.6) is 0 Å². The van der Waals surface area contributed by atoms with Crippen molar-refractivity contribution in [2.24, 2.45) is 0 Å². The second-order valence-corrected chi connectivity index (χ2v) is 3.98. The van der Waals surface area contributed by atoms with Crippen molar-refractivity contribution in [3.8, 4) is 0 Å². The molecule has 0 saturated heterocycles. The number of halogens is 1. The number of hydrogen-bond donors (Lipinski definition) is 2. The molecule has 0 spiro atoms. The summed E-state index contributed by atoms with van der Waals surface area (Å²) < 4.78 is 0. The van der Waals surface area contributed by atoms with E-state index in [1.54, 1.807) is 6.07 Å². The van der Waals surface area contributed by atoms with Crippen LogP contribution < -0.4 is 11.1 Å². The monoisotopic (exact) mass is 196 g/mol. The third kappa shape index (κ3) is 2.61. The van der Waals surface area contributed by atoms with Crippen molar-refractivity contribution < 1.29 is 0 Å². The summed E-state index contributed by atoms with van der Waals surface area (Å²) in [5, 5.41) is 4.13. The van der Waals surface area contributed by atoms with E-state index in [0.29, 0.717) is 5.02 Å². The Morgan fingerprint density at radius 3 is 2.77 bits per heavy atom. The van der Waals surface area contributed by atoms with Gasteiger partial charge < -0.3 is 11.1 Å². The zero-order valence-electron chi connectivity index (χ0n) is 7.39. The summed E-state index contributed by atoms with van der Waals surface area (Å²) >= 11 is 5.87. The number of nitrogens with one attached hydrogen (secondary N) is 1. The lowest BCUT2D eigenvalue weighted by molar-refractivity contribution is 0.688. The average molecular weight is 197 g/mol. The smallest absolute Gasteiger partial charge is 0.0429 e. The quantitative estimate of drug-likeness (QED) is 0.728. The number of nitrogen functional groups attached to an aromatic ring is 1. The van der Waals surface area contributed by atoms with Crippen LogP contribution >= 0.6 is 11.6 Å². The molecule has 1 aliphatic carbocycles. The molecule has 0 bridgehead atoms. The molecule has 70 valence electrons. The Bertz CT molecular complexity index is 288. The van der Waals surface area contributed by atoms with Crippen LogP contribution in [0, 0.1) is 0 Å². The molecule has 0 radical (unpaired) electrons. The molecule has 3 N–H and O–H groups in total. The first-order chi connectivity index (χ1) is 6.24. The standard InChI is InChI=1S/C10H13ClN2/c11-8-3-7(4-9(12)5-8)6-13-10-1-2-10/h3-5,10,13H,1-2,6,12H2. The van der Waals surface area contributed by atoms with Crippen molar-refractivity contribution in [1.29, 1.82) is 0 Å². The molecule has 0 amide bonds. The van der Waals surface area contributed by atoms with E-state index in [0.717, 1.165) is 23.8 Å². The molecule has 0 unspecified atom stereocenters. The van der Waals surface area contributed by atoms with Gasteiger partial charge in [-0.2, -0.15) is 0 Å². The molecular weight excluding hydrogens is 184 g/mol. The van der Waals surface area contributed by atoms with Gasteiger partial charge in [-0.25, -0.2) is 0 Å². The van der Waals surface area contributed by atoms with Gasteiger partial charge in [-0.3, -0.25) is 0 Å². The summed E-state index contributed by atoms with van der Waals surface area (Å²) in [6.07, 6.45) is 2.60. The maximum absolute atomic E-state index is 5.87. The Balaban J connectivity index is 2.01. The van der Waals surface area contributed by atoms with Gasteiger partial charge in [0.05, 0.1) is 0 Å². The molecule has 1 aliphatic rings. The van der Waals surface area contributed by atoms with Crippen LogP contribution in [-0.2, 0) is 6.54 Å². The average Bonchev–Trinajstić information content (AvgIpc) is 2.81. The van der Waals surface area contributed by atoms with Gasteiger partial charge in [-0.1, -0.05) is 11.6 Å². The SMILES string of the molecule is Nc1cc(Cl)cc(CNC2CC2)c1. The minimum atomic E-state index is 0.715. The van der Waals surface area contributed by atoms with Crippen LogP contribution in [-0.4, -0.2) is 6.04 Å². The number of hydrogen-bond acceptors (Lipinski definition) is 2. The third-order valence-electron chi connectivity index (χ3n) is 2.15. The van der Waals surface area contributed by atoms with E-state index in [-0.39, 0.29) is 0 Å². The fourth-order valence-electron chi connectivity index (χ4n) is 1.33. The van der Waals surface area contributed by atoms with E-state index in [9.17, 15) is 0 Å². The summed E-state index contributed by atoms with van der Waals surface area (Å²) in [7, 11) is 0. The van der Waals surface area contributed by atoms with Crippen LogP contribution in [0.1, 0.15) is 18.4 Å². The zero-order valence-corrected chi connectivity index (χ0v) is 8.14. The molecule has 2 nitrogen and oxygen atoms in total. The highest BCUT2D eigenvalue weighted by Gasteiger charge is 2.19. The van der Waals surface area contributed by atoms with E-state index in [1.165, 1.54) is 12.8 Å². The maximum atomic E-state index is 5.87. The summed E-state index contributed by atoms with van der Waals surface area (Å²) in [6.45, 7) is 0.870. The van der Waals surface area contributed by atoms with Crippen LogP contribution in [0.15, 0.2) is 18.2 Å². The van der Waals surface area contributed by atoms with E-state index in [2.05, 4.69) is 5.32 Å². The van der Waals surface area contributed by atoms with E-state index < -0.39 is 0 Å². The van der Waals surface area contributed by atoms with Crippen molar-refractivity contribution >= 4 is 17.3 Å². The van der Waals surface area contributed by atoms with Crippen molar-refractivity contribution in [3.63, 3.8) is 0 Å². The normalized spacial score (nSPS) is 16.1. The molecule has 3 heteroatoms. The second kappa shape index (κ2) is 3.56. The van der Waals surface area contributed by atoms with Gasteiger partial charge in [0.15, 0.2) is 0 Å². The van der Waals surface area contributed by atoms with Crippen LogP contribution in [0.4, 0.5) is 5.69 Å². The Kier molecular flexibility index (Phi) is 2.42. The molecule has 0 atom stereocenters. The van der Waals surface area contributed by atoms with Gasteiger partial charge in [-0.15, -0.1) is 0 Å². The van der Waals surface area contributed by atoms with Gasteiger partial charge in [0.2, 0.25) is 0 Å². The second-order valence-electron chi connectivity index (χ2n) is 3.55. The molecule has 0 aromatic heterocycles. The highest BCUT2D eigenvalue weighted by molar-refractivity contribution is 6.30. The fourth-order valence-corrected chi connectivity index (χ4v) is 1.59. The Morgan fingerprint density at radius 1 is 1.38 bits per heavy atom. The van der Waals surface area contributed by atoms with Crippen LogP contribution in [0.3, 0.4) is 0 Å². The highest BCUT2D eigenvalue weighted by atomic mass is 35.5. The third-order valence-corrected chi connectivity index (χ3v) is 2.37. The topological polar surface area (TPSA) is 38.0 Å². The van der Waals surface area contributed by atoms with Crippen molar-refractivity contribution in [2.75, 3.05) is 5.73 Å². The van der Waals surface area contributed by atoms with E-state index in [1.807, 2.05) is 12.1 Å². The molecule has 0 aliphatic heterocycles. The predicted molar refractivity (Wildman–Crippen MR) is 55.7 cm³/mol. The first-order valence-electron chi connectivity index (χ1n) is 4.52.